The normalized spacial score (nSPS) is 10.7. The van der Waals surface area contributed by atoms with Crippen LogP contribution in [0.25, 0.3) is 17.0 Å². The molecule has 0 aliphatic heterocycles. The van der Waals surface area contributed by atoms with Crippen LogP contribution in [0, 0.1) is 0 Å². The summed E-state index contributed by atoms with van der Waals surface area (Å²) < 4.78 is 2.26. The Balaban J connectivity index is 2.12. The van der Waals surface area contributed by atoms with Crippen LogP contribution < -0.4 is 0 Å². The molecule has 0 saturated heterocycles. The quantitative estimate of drug-likeness (QED) is 0.675. The lowest BCUT2D eigenvalue weighted by molar-refractivity contribution is 0.823. The lowest BCUT2D eigenvalue weighted by Gasteiger charge is -2.08. The van der Waals surface area contributed by atoms with Gasteiger partial charge in [0, 0.05) is 35.5 Å². The zero-order valence-electron chi connectivity index (χ0n) is 10.1. The van der Waals surface area contributed by atoms with Gasteiger partial charge in [0.1, 0.15) is 0 Å². The Labute approximate surface area is 106 Å². The molecule has 0 radical (unpaired) electrons. The van der Waals surface area contributed by atoms with Gasteiger partial charge in [0.05, 0.1) is 0 Å². The monoisotopic (exact) mass is 234 g/mol. The van der Waals surface area contributed by atoms with E-state index in [0.717, 1.165) is 12.2 Å². The number of nitrogens with zero attached hydrogens (tertiary/aromatic N) is 2. The van der Waals surface area contributed by atoms with Gasteiger partial charge in [0.15, 0.2) is 0 Å². The van der Waals surface area contributed by atoms with Crippen LogP contribution in [0.1, 0.15) is 11.3 Å². The lowest BCUT2D eigenvalue weighted by atomic mass is 10.2. The third-order valence-corrected chi connectivity index (χ3v) is 3.12. The molecular formula is C16H14N2. The molecule has 0 fully saturated rings. The van der Waals surface area contributed by atoms with E-state index in [1.807, 2.05) is 18.3 Å². The molecule has 88 valence electrons. The van der Waals surface area contributed by atoms with E-state index >= 15 is 0 Å². The van der Waals surface area contributed by atoms with Gasteiger partial charge in [-0.05, 0) is 29.8 Å². The van der Waals surface area contributed by atoms with Gasteiger partial charge in [0.25, 0.3) is 0 Å². The Morgan fingerprint density at radius 3 is 2.83 bits per heavy atom. The molecule has 1 aromatic carbocycles. The van der Waals surface area contributed by atoms with E-state index in [2.05, 4.69) is 52.5 Å². The van der Waals surface area contributed by atoms with Gasteiger partial charge in [-0.1, -0.05) is 30.8 Å². The summed E-state index contributed by atoms with van der Waals surface area (Å²) in [6, 6.07) is 14.6. The van der Waals surface area contributed by atoms with Gasteiger partial charge in [-0.2, -0.15) is 0 Å². The van der Waals surface area contributed by atoms with Crippen molar-refractivity contribution in [3.63, 3.8) is 0 Å². The highest BCUT2D eigenvalue weighted by Gasteiger charge is 2.06. The van der Waals surface area contributed by atoms with Crippen LogP contribution in [-0.2, 0) is 6.54 Å². The molecule has 3 rings (SSSR count). The number of para-hydroxylation sites is 1. The Hall–Kier alpha value is -2.35. The first-order valence-electron chi connectivity index (χ1n) is 5.98. The van der Waals surface area contributed by atoms with Crippen LogP contribution in [0.3, 0.4) is 0 Å². The fourth-order valence-corrected chi connectivity index (χ4v) is 2.25. The maximum atomic E-state index is 4.16. The van der Waals surface area contributed by atoms with E-state index in [-0.39, 0.29) is 0 Å². The molecule has 0 saturated carbocycles. The number of hydrogen-bond donors (Lipinski definition) is 0. The van der Waals surface area contributed by atoms with Crippen LogP contribution >= 0.6 is 0 Å². The molecule has 0 spiro atoms. The van der Waals surface area contributed by atoms with E-state index in [9.17, 15) is 0 Å². The molecule has 2 heterocycles. The van der Waals surface area contributed by atoms with Crippen molar-refractivity contribution in [2.45, 2.75) is 6.54 Å². The molecule has 0 atom stereocenters. The Morgan fingerprint density at radius 1 is 1.17 bits per heavy atom. The van der Waals surface area contributed by atoms with Gasteiger partial charge < -0.3 is 4.57 Å². The highest BCUT2D eigenvalue weighted by molar-refractivity contribution is 5.83. The van der Waals surface area contributed by atoms with Gasteiger partial charge in [-0.15, -0.1) is 0 Å². The second kappa shape index (κ2) is 4.49. The van der Waals surface area contributed by atoms with Crippen molar-refractivity contribution in [3.8, 4) is 0 Å². The van der Waals surface area contributed by atoms with Crippen molar-refractivity contribution in [1.82, 2.24) is 9.55 Å². The van der Waals surface area contributed by atoms with Crippen molar-refractivity contribution in [3.05, 3.63) is 72.7 Å². The minimum Gasteiger partial charge on any atom is -0.336 e. The topological polar surface area (TPSA) is 17.8 Å². The lowest BCUT2D eigenvalue weighted by Crippen LogP contribution is -2.01. The standard InChI is InChI=1S/C16H14N2/c1-2-15-10-14-7-3-4-8-16(14)18(15)12-13-6-5-9-17-11-13/h2-11H,1,12H2. The number of rotatable bonds is 3. The Bertz CT molecular complexity index is 681. The van der Waals surface area contributed by atoms with Crippen LogP contribution in [0.2, 0.25) is 0 Å². The molecule has 18 heavy (non-hydrogen) atoms. The van der Waals surface area contributed by atoms with Crippen molar-refractivity contribution >= 4 is 17.0 Å². The SMILES string of the molecule is C=Cc1cc2ccccc2n1Cc1cccnc1. The molecule has 0 N–H and O–H groups in total. The van der Waals surface area contributed by atoms with Crippen molar-refractivity contribution in [2.75, 3.05) is 0 Å². The fraction of sp³-hybridized carbons (Fsp3) is 0.0625. The smallest absolute Gasteiger partial charge is 0.0497 e. The summed E-state index contributed by atoms with van der Waals surface area (Å²) in [7, 11) is 0. The summed E-state index contributed by atoms with van der Waals surface area (Å²) in [6.07, 6.45) is 5.60. The maximum Gasteiger partial charge on any atom is 0.0497 e. The summed E-state index contributed by atoms with van der Waals surface area (Å²) in [6.45, 7) is 4.71. The van der Waals surface area contributed by atoms with Crippen LogP contribution in [0.4, 0.5) is 0 Å². The predicted octanol–water partition coefficient (Wildman–Crippen LogP) is 3.73. The summed E-state index contributed by atoms with van der Waals surface area (Å²) in [5, 5.41) is 1.25. The molecule has 0 unspecified atom stereocenters. The average Bonchev–Trinajstić information content (AvgIpc) is 2.78. The van der Waals surface area contributed by atoms with Gasteiger partial charge >= 0.3 is 0 Å². The van der Waals surface area contributed by atoms with Crippen molar-refractivity contribution in [2.24, 2.45) is 0 Å². The second-order valence-electron chi connectivity index (χ2n) is 4.28. The maximum absolute atomic E-state index is 4.16. The van der Waals surface area contributed by atoms with Crippen LogP contribution in [-0.4, -0.2) is 9.55 Å². The van der Waals surface area contributed by atoms with E-state index < -0.39 is 0 Å². The number of fused-ring (bicyclic) bond motifs is 1. The van der Waals surface area contributed by atoms with E-state index in [4.69, 9.17) is 0 Å². The highest BCUT2D eigenvalue weighted by atomic mass is 15.0. The van der Waals surface area contributed by atoms with Crippen LogP contribution in [0.5, 0.6) is 0 Å². The minimum atomic E-state index is 0.822. The van der Waals surface area contributed by atoms with E-state index in [1.54, 1.807) is 6.20 Å². The molecule has 0 aliphatic rings. The number of pyridine rings is 1. The summed E-state index contributed by atoms with van der Waals surface area (Å²) >= 11 is 0. The predicted molar refractivity (Wildman–Crippen MR) is 75.4 cm³/mol. The first-order chi connectivity index (χ1) is 8.88. The number of hydrogen-bond acceptors (Lipinski definition) is 1. The molecular weight excluding hydrogens is 220 g/mol. The van der Waals surface area contributed by atoms with Gasteiger partial charge in [0.2, 0.25) is 0 Å². The third-order valence-electron chi connectivity index (χ3n) is 3.12. The van der Waals surface area contributed by atoms with Crippen molar-refractivity contribution in [1.29, 1.82) is 0 Å². The Kier molecular flexibility index (Phi) is 2.69. The molecule has 2 nitrogen and oxygen atoms in total. The number of benzene rings is 1. The van der Waals surface area contributed by atoms with E-state index in [1.165, 1.54) is 16.5 Å². The van der Waals surface area contributed by atoms with E-state index in [0.29, 0.717) is 0 Å². The van der Waals surface area contributed by atoms with Gasteiger partial charge in [-0.3, -0.25) is 4.98 Å². The average molecular weight is 234 g/mol. The first-order valence-corrected chi connectivity index (χ1v) is 5.98. The first kappa shape index (κ1) is 10.8. The molecule has 2 heteroatoms. The van der Waals surface area contributed by atoms with Crippen molar-refractivity contribution < 1.29 is 0 Å². The fourth-order valence-electron chi connectivity index (χ4n) is 2.25. The van der Waals surface area contributed by atoms with Crippen LogP contribution in [0.15, 0.2) is 61.4 Å². The highest BCUT2D eigenvalue weighted by Crippen LogP contribution is 2.21. The second-order valence-corrected chi connectivity index (χ2v) is 4.28. The zero-order valence-corrected chi connectivity index (χ0v) is 10.1. The molecule has 0 amide bonds. The van der Waals surface area contributed by atoms with Gasteiger partial charge in [-0.25, -0.2) is 0 Å². The summed E-state index contributed by atoms with van der Waals surface area (Å²) in [5.41, 5.74) is 3.57. The summed E-state index contributed by atoms with van der Waals surface area (Å²) in [5.74, 6) is 0. The zero-order chi connectivity index (χ0) is 12.4. The molecule has 2 aromatic heterocycles. The minimum absolute atomic E-state index is 0.822. The third kappa shape index (κ3) is 1.82. The molecule has 3 aromatic rings. The summed E-state index contributed by atoms with van der Waals surface area (Å²) in [4.78, 5) is 4.16. The molecule has 0 bridgehead atoms. The largest absolute Gasteiger partial charge is 0.336 e. The molecule has 0 aliphatic carbocycles. The Morgan fingerprint density at radius 2 is 2.06 bits per heavy atom. The number of aromatic nitrogens is 2.